The molecule has 0 atom stereocenters. The van der Waals surface area contributed by atoms with Crippen molar-refractivity contribution in [1.29, 1.82) is 0 Å². The Balaban J connectivity index is 3.17. The third kappa shape index (κ3) is 3.89. The van der Waals surface area contributed by atoms with Gasteiger partial charge in [-0.05, 0) is 18.2 Å². The van der Waals surface area contributed by atoms with Gasteiger partial charge >= 0.3 is 10.2 Å². The summed E-state index contributed by atoms with van der Waals surface area (Å²) in [6.45, 7) is -0.313. The molecule has 5 nitrogen and oxygen atoms in total. The number of anilines is 1. The first-order valence-electron chi connectivity index (χ1n) is 4.96. The zero-order chi connectivity index (χ0) is 13.8. The van der Waals surface area contributed by atoms with Crippen molar-refractivity contribution in [3.8, 4) is 11.8 Å². The van der Waals surface area contributed by atoms with Gasteiger partial charge in [-0.15, -0.1) is 0 Å². The van der Waals surface area contributed by atoms with Gasteiger partial charge in [-0.1, -0.05) is 23.4 Å². The monoisotopic (exact) mass is 288 g/mol. The lowest BCUT2D eigenvalue weighted by atomic mass is 10.2. The Morgan fingerprint density at radius 1 is 1.44 bits per heavy atom. The summed E-state index contributed by atoms with van der Waals surface area (Å²) in [4.78, 5) is 0. The second-order valence-electron chi connectivity index (χ2n) is 3.54. The molecule has 0 fully saturated rings. The SMILES string of the molecule is CN(C)S(=O)(=O)Nc1ccc(Cl)cc1C#CCO. The second kappa shape index (κ2) is 6.07. The molecule has 0 bridgehead atoms. The molecular formula is C11H13ClN2O3S. The smallest absolute Gasteiger partial charge is 0.301 e. The van der Waals surface area contributed by atoms with Crippen LogP contribution in [0.1, 0.15) is 5.56 Å². The summed E-state index contributed by atoms with van der Waals surface area (Å²) < 4.78 is 26.8. The van der Waals surface area contributed by atoms with Gasteiger partial charge in [-0.2, -0.15) is 12.7 Å². The summed E-state index contributed by atoms with van der Waals surface area (Å²) >= 11 is 5.81. The Morgan fingerprint density at radius 2 is 2.11 bits per heavy atom. The molecule has 0 aliphatic carbocycles. The molecule has 0 aromatic heterocycles. The Bertz CT molecular complexity index is 588. The lowest BCUT2D eigenvalue weighted by molar-refractivity contribution is 0.350. The molecule has 0 aliphatic rings. The highest BCUT2D eigenvalue weighted by molar-refractivity contribution is 7.90. The van der Waals surface area contributed by atoms with Crippen molar-refractivity contribution >= 4 is 27.5 Å². The van der Waals surface area contributed by atoms with Crippen LogP contribution in [0.15, 0.2) is 18.2 Å². The Morgan fingerprint density at radius 3 is 2.67 bits per heavy atom. The van der Waals surface area contributed by atoms with Crippen molar-refractivity contribution in [3.05, 3.63) is 28.8 Å². The Hall–Kier alpha value is -1.26. The number of hydrogen-bond donors (Lipinski definition) is 2. The van der Waals surface area contributed by atoms with E-state index in [4.69, 9.17) is 16.7 Å². The first-order chi connectivity index (χ1) is 8.36. The lowest BCUT2D eigenvalue weighted by Gasteiger charge is -2.14. The minimum atomic E-state index is -3.60. The zero-order valence-electron chi connectivity index (χ0n) is 9.94. The molecule has 0 heterocycles. The molecular weight excluding hydrogens is 276 g/mol. The first-order valence-corrected chi connectivity index (χ1v) is 6.78. The van der Waals surface area contributed by atoms with Crippen LogP contribution in [-0.4, -0.2) is 38.5 Å². The number of benzene rings is 1. The maximum absolute atomic E-state index is 11.7. The summed E-state index contributed by atoms with van der Waals surface area (Å²) in [5, 5.41) is 9.09. The van der Waals surface area contributed by atoms with E-state index < -0.39 is 10.2 Å². The van der Waals surface area contributed by atoms with Crippen molar-refractivity contribution in [2.45, 2.75) is 0 Å². The number of nitrogens with one attached hydrogen (secondary N) is 1. The molecule has 0 saturated heterocycles. The minimum Gasteiger partial charge on any atom is -0.384 e. The van der Waals surface area contributed by atoms with Gasteiger partial charge in [0.15, 0.2) is 0 Å². The molecule has 0 radical (unpaired) electrons. The number of rotatable bonds is 3. The largest absolute Gasteiger partial charge is 0.384 e. The van der Waals surface area contributed by atoms with Crippen LogP contribution in [0.4, 0.5) is 5.69 Å². The average Bonchev–Trinajstić information content (AvgIpc) is 2.29. The molecule has 0 unspecified atom stereocenters. The van der Waals surface area contributed by atoms with Gasteiger partial charge in [-0.3, -0.25) is 4.72 Å². The maximum Gasteiger partial charge on any atom is 0.301 e. The van der Waals surface area contributed by atoms with E-state index in [1.165, 1.54) is 26.2 Å². The van der Waals surface area contributed by atoms with Crippen LogP contribution in [0, 0.1) is 11.8 Å². The van der Waals surface area contributed by atoms with E-state index in [1.807, 2.05) is 0 Å². The molecule has 2 N–H and O–H groups in total. The van der Waals surface area contributed by atoms with Gasteiger partial charge in [-0.25, -0.2) is 0 Å². The number of nitrogens with zero attached hydrogens (tertiary/aromatic N) is 1. The van der Waals surface area contributed by atoms with Gasteiger partial charge in [0.1, 0.15) is 6.61 Å². The second-order valence-corrected chi connectivity index (χ2v) is 5.86. The van der Waals surface area contributed by atoms with E-state index >= 15 is 0 Å². The summed E-state index contributed by atoms with van der Waals surface area (Å²) in [5.41, 5.74) is 0.719. The van der Waals surface area contributed by atoms with Crippen molar-refractivity contribution in [2.75, 3.05) is 25.4 Å². The molecule has 18 heavy (non-hydrogen) atoms. The molecule has 0 spiro atoms. The van der Waals surface area contributed by atoms with Crippen LogP contribution >= 0.6 is 11.6 Å². The Labute approximate surface area is 112 Å². The van der Waals surface area contributed by atoms with Crippen molar-refractivity contribution in [1.82, 2.24) is 4.31 Å². The van der Waals surface area contributed by atoms with E-state index in [0.29, 0.717) is 16.3 Å². The van der Waals surface area contributed by atoms with Crippen molar-refractivity contribution in [3.63, 3.8) is 0 Å². The predicted octanol–water partition coefficient (Wildman–Crippen LogP) is 0.902. The molecule has 1 rings (SSSR count). The average molecular weight is 289 g/mol. The number of halogens is 1. The van der Waals surface area contributed by atoms with Crippen LogP contribution in [0.25, 0.3) is 0 Å². The van der Waals surface area contributed by atoms with Crippen molar-refractivity contribution < 1.29 is 13.5 Å². The highest BCUT2D eigenvalue weighted by Gasteiger charge is 2.14. The summed E-state index contributed by atoms with van der Waals surface area (Å²) in [6, 6.07) is 4.60. The third-order valence-electron chi connectivity index (χ3n) is 2.00. The predicted molar refractivity (Wildman–Crippen MR) is 71.6 cm³/mol. The molecule has 0 aliphatic heterocycles. The van der Waals surface area contributed by atoms with Crippen LogP contribution in [-0.2, 0) is 10.2 Å². The summed E-state index contributed by atoms with van der Waals surface area (Å²) in [6.07, 6.45) is 0. The van der Waals surface area contributed by atoms with Gasteiger partial charge in [0.05, 0.1) is 11.3 Å². The first kappa shape index (κ1) is 14.8. The molecule has 1 aromatic rings. The number of hydrogen-bond acceptors (Lipinski definition) is 3. The lowest BCUT2D eigenvalue weighted by Crippen LogP contribution is -2.29. The van der Waals surface area contributed by atoms with E-state index in [9.17, 15) is 8.42 Å². The molecule has 0 saturated carbocycles. The summed E-state index contributed by atoms with van der Waals surface area (Å²) in [5.74, 6) is 5.08. The Kier molecular flexibility index (Phi) is 4.99. The standard InChI is InChI=1S/C11H13ClN2O3S/c1-14(2)18(16,17)13-11-6-5-10(12)8-9(11)4-3-7-15/h5-6,8,13,15H,7H2,1-2H3. The van der Waals surface area contributed by atoms with Crippen LogP contribution in [0.2, 0.25) is 5.02 Å². The van der Waals surface area contributed by atoms with Gasteiger partial charge in [0.2, 0.25) is 0 Å². The van der Waals surface area contributed by atoms with Crippen LogP contribution in [0.3, 0.4) is 0 Å². The van der Waals surface area contributed by atoms with E-state index in [1.54, 1.807) is 6.07 Å². The fourth-order valence-electron chi connectivity index (χ4n) is 1.07. The van der Waals surface area contributed by atoms with Crippen molar-refractivity contribution in [2.24, 2.45) is 0 Å². The minimum absolute atomic E-state index is 0.313. The normalized spacial score (nSPS) is 10.9. The van der Waals surface area contributed by atoms with E-state index in [0.717, 1.165) is 4.31 Å². The summed E-state index contributed by atoms with van der Waals surface area (Å²) in [7, 11) is -0.774. The number of aliphatic hydroxyl groups is 1. The highest BCUT2D eigenvalue weighted by Crippen LogP contribution is 2.21. The molecule has 7 heteroatoms. The maximum atomic E-state index is 11.7. The molecule has 98 valence electrons. The van der Waals surface area contributed by atoms with E-state index in [-0.39, 0.29) is 6.61 Å². The van der Waals surface area contributed by atoms with Gasteiger partial charge in [0.25, 0.3) is 0 Å². The van der Waals surface area contributed by atoms with Gasteiger partial charge < -0.3 is 5.11 Å². The topological polar surface area (TPSA) is 69.6 Å². The molecule has 1 aromatic carbocycles. The quantitative estimate of drug-likeness (QED) is 0.812. The van der Waals surface area contributed by atoms with E-state index in [2.05, 4.69) is 16.6 Å². The van der Waals surface area contributed by atoms with Crippen LogP contribution < -0.4 is 4.72 Å². The number of aliphatic hydroxyl groups excluding tert-OH is 1. The fraction of sp³-hybridized carbons (Fsp3) is 0.273. The fourth-order valence-corrected chi connectivity index (χ4v) is 1.88. The van der Waals surface area contributed by atoms with Gasteiger partial charge in [0, 0.05) is 19.1 Å². The highest BCUT2D eigenvalue weighted by atomic mass is 35.5. The molecule has 0 amide bonds. The van der Waals surface area contributed by atoms with Crippen LogP contribution in [0.5, 0.6) is 0 Å². The zero-order valence-corrected chi connectivity index (χ0v) is 11.5. The third-order valence-corrected chi connectivity index (χ3v) is 3.68.